The number of rotatable bonds is 6. The molecule has 2 fully saturated rings. The average molecular weight is 328 g/mol. The SMILES string of the molecule is C=CC[N+]1(C(C)Cc2ccccc2)CCN(C2CCCCC2)CC1. The first-order valence-electron chi connectivity index (χ1n) is 9.98. The Hall–Kier alpha value is -1.12. The van der Waals surface area contributed by atoms with Crippen molar-refractivity contribution < 1.29 is 4.48 Å². The first-order chi connectivity index (χ1) is 11.7. The Bertz CT molecular complexity index is 496. The number of hydrogen-bond acceptors (Lipinski definition) is 1. The second kappa shape index (κ2) is 8.31. The fraction of sp³-hybridized carbons (Fsp3) is 0.636. The number of nitrogens with zero attached hydrogens (tertiary/aromatic N) is 2. The Morgan fingerprint density at radius 2 is 1.79 bits per heavy atom. The summed E-state index contributed by atoms with van der Waals surface area (Å²) in [5.74, 6) is 0. The smallest absolute Gasteiger partial charge is 0.0973 e. The van der Waals surface area contributed by atoms with Gasteiger partial charge < -0.3 is 4.48 Å². The van der Waals surface area contributed by atoms with Crippen molar-refractivity contribution in [3.8, 4) is 0 Å². The molecule has 1 unspecified atom stereocenters. The van der Waals surface area contributed by atoms with E-state index in [4.69, 9.17) is 0 Å². The minimum absolute atomic E-state index is 0.666. The van der Waals surface area contributed by atoms with E-state index in [0.717, 1.165) is 12.6 Å². The Balaban J connectivity index is 1.63. The standard InChI is InChI=1S/C22H35N2/c1-3-16-24(20(2)19-21-10-6-4-7-11-21)17-14-23(15-18-24)22-12-8-5-9-13-22/h3-4,6-7,10-11,20,22H,1,5,8-9,12-19H2,2H3/q+1. The van der Waals surface area contributed by atoms with Crippen LogP contribution >= 0.6 is 0 Å². The maximum absolute atomic E-state index is 4.07. The topological polar surface area (TPSA) is 3.24 Å². The number of quaternary nitrogens is 1. The third-order valence-corrected chi connectivity index (χ3v) is 6.56. The average Bonchev–Trinajstić information content (AvgIpc) is 2.64. The van der Waals surface area contributed by atoms with Gasteiger partial charge in [-0.3, -0.25) is 4.90 Å². The summed E-state index contributed by atoms with van der Waals surface area (Å²) in [4.78, 5) is 2.80. The molecule has 0 spiro atoms. The zero-order valence-corrected chi connectivity index (χ0v) is 15.5. The molecule has 1 saturated heterocycles. The van der Waals surface area contributed by atoms with Crippen LogP contribution in [0.2, 0.25) is 0 Å². The van der Waals surface area contributed by atoms with Crippen molar-refractivity contribution in [2.24, 2.45) is 0 Å². The molecule has 1 aromatic carbocycles. The molecule has 1 atom stereocenters. The highest BCUT2D eigenvalue weighted by atomic mass is 15.4. The molecule has 3 rings (SSSR count). The summed E-state index contributed by atoms with van der Waals surface area (Å²) in [6.45, 7) is 12.8. The van der Waals surface area contributed by atoms with Crippen LogP contribution in [-0.4, -0.2) is 54.2 Å². The molecule has 0 radical (unpaired) electrons. The maximum Gasteiger partial charge on any atom is 0.0973 e. The molecule has 132 valence electrons. The molecule has 1 aromatic rings. The van der Waals surface area contributed by atoms with Crippen molar-refractivity contribution in [2.45, 2.75) is 57.5 Å². The molecule has 1 aliphatic carbocycles. The van der Waals surface area contributed by atoms with Gasteiger partial charge in [0.2, 0.25) is 0 Å². The second-order valence-corrected chi connectivity index (χ2v) is 8.00. The quantitative estimate of drug-likeness (QED) is 0.557. The van der Waals surface area contributed by atoms with Crippen LogP contribution < -0.4 is 0 Å². The van der Waals surface area contributed by atoms with E-state index in [9.17, 15) is 0 Å². The highest BCUT2D eigenvalue weighted by molar-refractivity contribution is 5.15. The first-order valence-corrected chi connectivity index (χ1v) is 9.98. The highest BCUT2D eigenvalue weighted by Gasteiger charge is 2.38. The van der Waals surface area contributed by atoms with Crippen LogP contribution in [0.1, 0.15) is 44.6 Å². The van der Waals surface area contributed by atoms with E-state index in [1.54, 1.807) is 0 Å². The molecule has 0 amide bonds. The molecule has 2 nitrogen and oxygen atoms in total. The highest BCUT2D eigenvalue weighted by Crippen LogP contribution is 2.27. The third-order valence-electron chi connectivity index (χ3n) is 6.56. The van der Waals surface area contributed by atoms with E-state index >= 15 is 0 Å². The Morgan fingerprint density at radius 1 is 1.12 bits per heavy atom. The lowest BCUT2D eigenvalue weighted by Crippen LogP contribution is -2.65. The zero-order valence-electron chi connectivity index (χ0n) is 15.5. The van der Waals surface area contributed by atoms with Gasteiger partial charge in [-0.2, -0.15) is 0 Å². The molecule has 2 heteroatoms. The summed E-state index contributed by atoms with van der Waals surface area (Å²) >= 11 is 0. The molecule has 1 saturated carbocycles. The second-order valence-electron chi connectivity index (χ2n) is 8.00. The van der Waals surface area contributed by atoms with Gasteiger partial charge in [-0.05, 0) is 31.4 Å². The van der Waals surface area contributed by atoms with Crippen molar-refractivity contribution in [1.29, 1.82) is 0 Å². The largest absolute Gasteiger partial charge is 0.316 e. The van der Waals surface area contributed by atoms with Gasteiger partial charge in [0.05, 0.1) is 25.7 Å². The molecule has 2 aliphatic rings. The minimum Gasteiger partial charge on any atom is -0.316 e. The minimum atomic E-state index is 0.666. The summed E-state index contributed by atoms with van der Waals surface area (Å²) in [5.41, 5.74) is 1.47. The van der Waals surface area contributed by atoms with Gasteiger partial charge in [0.1, 0.15) is 0 Å². The van der Waals surface area contributed by atoms with Gasteiger partial charge in [-0.15, -0.1) is 0 Å². The van der Waals surface area contributed by atoms with E-state index in [0.29, 0.717) is 6.04 Å². The van der Waals surface area contributed by atoms with Crippen molar-refractivity contribution in [1.82, 2.24) is 4.90 Å². The fourth-order valence-corrected chi connectivity index (χ4v) is 4.90. The van der Waals surface area contributed by atoms with Crippen LogP contribution in [0, 0.1) is 0 Å². The monoisotopic (exact) mass is 327 g/mol. The van der Waals surface area contributed by atoms with E-state index in [1.807, 2.05) is 0 Å². The number of hydrogen-bond donors (Lipinski definition) is 0. The van der Waals surface area contributed by atoms with Crippen LogP contribution in [0.25, 0.3) is 0 Å². The predicted octanol–water partition coefficient (Wildman–Crippen LogP) is 4.27. The lowest BCUT2D eigenvalue weighted by molar-refractivity contribution is -0.948. The molecule has 1 heterocycles. The zero-order chi connectivity index (χ0) is 16.8. The van der Waals surface area contributed by atoms with Gasteiger partial charge >= 0.3 is 0 Å². The molecular formula is C22H35N2+. The Kier molecular flexibility index (Phi) is 6.13. The van der Waals surface area contributed by atoms with Crippen LogP contribution in [0.5, 0.6) is 0 Å². The maximum atomic E-state index is 4.07. The van der Waals surface area contributed by atoms with Crippen LogP contribution in [-0.2, 0) is 6.42 Å². The lowest BCUT2D eigenvalue weighted by atomic mass is 9.93. The van der Waals surface area contributed by atoms with E-state index < -0.39 is 0 Å². The van der Waals surface area contributed by atoms with Gasteiger partial charge in [0.15, 0.2) is 0 Å². The van der Waals surface area contributed by atoms with Gasteiger partial charge in [0, 0.05) is 25.6 Å². The van der Waals surface area contributed by atoms with Crippen molar-refractivity contribution >= 4 is 0 Å². The summed E-state index contributed by atoms with van der Waals surface area (Å²) in [6, 6.07) is 12.5. The first kappa shape index (κ1) is 17.7. The van der Waals surface area contributed by atoms with Gasteiger partial charge in [0.25, 0.3) is 0 Å². The summed E-state index contributed by atoms with van der Waals surface area (Å²) < 4.78 is 1.22. The van der Waals surface area contributed by atoms with Crippen LogP contribution in [0.4, 0.5) is 0 Å². The van der Waals surface area contributed by atoms with Gasteiger partial charge in [-0.25, -0.2) is 0 Å². The fourth-order valence-electron chi connectivity index (χ4n) is 4.90. The third kappa shape index (κ3) is 4.10. The Labute approximate surface area is 148 Å². The summed E-state index contributed by atoms with van der Waals surface area (Å²) in [7, 11) is 0. The van der Waals surface area contributed by atoms with E-state index in [-0.39, 0.29) is 0 Å². The van der Waals surface area contributed by atoms with Crippen LogP contribution in [0.15, 0.2) is 43.0 Å². The summed E-state index contributed by atoms with van der Waals surface area (Å²) in [5, 5.41) is 0. The molecule has 0 aromatic heterocycles. The predicted molar refractivity (Wildman–Crippen MR) is 103 cm³/mol. The van der Waals surface area contributed by atoms with Crippen molar-refractivity contribution in [3.63, 3.8) is 0 Å². The molecule has 24 heavy (non-hydrogen) atoms. The van der Waals surface area contributed by atoms with E-state index in [2.05, 4.69) is 54.8 Å². The van der Waals surface area contributed by atoms with Gasteiger partial charge in [-0.1, -0.05) is 56.2 Å². The molecule has 1 aliphatic heterocycles. The lowest BCUT2D eigenvalue weighted by Gasteiger charge is -2.50. The van der Waals surface area contributed by atoms with Crippen LogP contribution in [0.3, 0.4) is 0 Å². The van der Waals surface area contributed by atoms with E-state index in [1.165, 1.54) is 74.8 Å². The molecular weight excluding hydrogens is 292 g/mol. The molecule has 0 N–H and O–H groups in total. The van der Waals surface area contributed by atoms with Crippen molar-refractivity contribution in [2.75, 3.05) is 32.7 Å². The summed E-state index contributed by atoms with van der Waals surface area (Å²) in [6.07, 6.45) is 10.5. The normalized spacial score (nSPS) is 23.7. The number of piperazine rings is 1. The number of benzene rings is 1. The van der Waals surface area contributed by atoms with Crippen molar-refractivity contribution in [3.05, 3.63) is 48.6 Å². The Morgan fingerprint density at radius 3 is 2.42 bits per heavy atom. The molecule has 0 bridgehead atoms.